The third kappa shape index (κ3) is 2.25. The molecule has 1 aromatic rings. The Bertz CT molecular complexity index is 405. The van der Waals surface area contributed by atoms with Crippen LogP contribution in [0.5, 0.6) is 5.75 Å². The molecule has 1 heterocycles. The first-order valence-corrected chi connectivity index (χ1v) is 5.36. The van der Waals surface area contributed by atoms with E-state index in [2.05, 4.69) is 5.32 Å². The maximum absolute atomic E-state index is 10.8. The second-order valence-electron chi connectivity index (χ2n) is 3.58. The number of para-hydroxylation sites is 1. The van der Waals surface area contributed by atoms with Gasteiger partial charge >= 0.3 is 5.69 Å². The van der Waals surface area contributed by atoms with E-state index < -0.39 is 4.92 Å². The zero-order chi connectivity index (χ0) is 11.5. The number of nitrogens with one attached hydrogen (secondary N) is 1. The lowest BCUT2D eigenvalue weighted by Gasteiger charge is -2.12. The molecule has 1 atom stereocenters. The van der Waals surface area contributed by atoms with Crippen LogP contribution in [0.1, 0.15) is 6.42 Å². The number of hydrogen-bond acceptors (Lipinski definition) is 4. The van der Waals surface area contributed by atoms with E-state index >= 15 is 0 Å². The monoisotopic (exact) mass is 242 g/mol. The molecule has 0 spiro atoms. The summed E-state index contributed by atoms with van der Waals surface area (Å²) in [6, 6.07) is 4.70. The van der Waals surface area contributed by atoms with E-state index in [1.165, 1.54) is 6.07 Å². The van der Waals surface area contributed by atoms with E-state index in [9.17, 15) is 10.1 Å². The largest absolute Gasteiger partial charge is 0.482 e. The van der Waals surface area contributed by atoms with Gasteiger partial charge in [-0.25, -0.2) is 0 Å². The molecule has 1 aliphatic heterocycles. The van der Waals surface area contributed by atoms with Gasteiger partial charge in [0.15, 0.2) is 5.75 Å². The predicted molar refractivity (Wildman–Crippen MR) is 60.0 cm³/mol. The second-order valence-corrected chi connectivity index (χ2v) is 3.98. The van der Waals surface area contributed by atoms with Crippen LogP contribution in [0.3, 0.4) is 0 Å². The summed E-state index contributed by atoms with van der Waals surface area (Å²) in [6.07, 6.45) is 0.834. The fourth-order valence-electron chi connectivity index (χ4n) is 1.68. The van der Waals surface area contributed by atoms with Crippen molar-refractivity contribution in [2.24, 2.45) is 0 Å². The highest BCUT2D eigenvalue weighted by Gasteiger charge is 2.24. The first-order valence-electron chi connectivity index (χ1n) is 4.99. The van der Waals surface area contributed by atoms with Crippen LogP contribution in [0.4, 0.5) is 5.69 Å². The molecule has 1 saturated heterocycles. The maximum Gasteiger partial charge on any atom is 0.329 e. The van der Waals surface area contributed by atoms with E-state index in [1.807, 2.05) is 0 Å². The number of rotatable bonds is 3. The lowest BCUT2D eigenvalue weighted by molar-refractivity contribution is -0.385. The van der Waals surface area contributed by atoms with Crippen LogP contribution in [0, 0.1) is 10.1 Å². The lowest BCUT2D eigenvalue weighted by atomic mass is 10.2. The van der Waals surface area contributed by atoms with Crippen molar-refractivity contribution < 1.29 is 9.66 Å². The van der Waals surface area contributed by atoms with Gasteiger partial charge in [-0.1, -0.05) is 17.7 Å². The standard InChI is InChI=1S/C10H11ClN2O3/c11-8-2-1-3-9(10(8)13(14)15)16-7-4-5-12-6-7/h1-3,7,12H,4-6H2. The Labute approximate surface area is 97.5 Å². The molecule has 0 aromatic heterocycles. The average Bonchev–Trinajstić information content (AvgIpc) is 2.70. The molecule has 0 radical (unpaired) electrons. The Morgan fingerprint density at radius 1 is 1.56 bits per heavy atom. The first-order chi connectivity index (χ1) is 7.68. The van der Waals surface area contributed by atoms with Crippen molar-refractivity contribution >= 4 is 17.3 Å². The molecular formula is C10H11ClN2O3. The normalized spacial score (nSPS) is 19.7. The number of benzene rings is 1. The molecule has 0 amide bonds. The summed E-state index contributed by atoms with van der Waals surface area (Å²) in [4.78, 5) is 10.3. The molecule has 1 N–H and O–H groups in total. The van der Waals surface area contributed by atoms with Crippen molar-refractivity contribution in [2.45, 2.75) is 12.5 Å². The van der Waals surface area contributed by atoms with Crippen LogP contribution in [-0.4, -0.2) is 24.1 Å². The van der Waals surface area contributed by atoms with E-state index in [4.69, 9.17) is 16.3 Å². The number of ether oxygens (including phenoxy) is 1. The summed E-state index contributed by atoms with van der Waals surface area (Å²) in [7, 11) is 0. The fourth-order valence-corrected chi connectivity index (χ4v) is 1.91. The van der Waals surface area contributed by atoms with Gasteiger partial charge in [-0.15, -0.1) is 0 Å². The smallest absolute Gasteiger partial charge is 0.329 e. The molecular weight excluding hydrogens is 232 g/mol. The third-order valence-electron chi connectivity index (χ3n) is 2.44. The van der Waals surface area contributed by atoms with Gasteiger partial charge < -0.3 is 10.1 Å². The average molecular weight is 243 g/mol. The highest BCUT2D eigenvalue weighted by Crippen LogP contribution is 2.35. The minimum absolute atomic E-state index is 0.0165. The second kappa shape index (κ2) is 4.67. The van der Waals surface area contributed by atoms with Crippen LogP contribution in [0.2, 0.25) is 5.02 Å². The molecule has 1 unspecified atom stereocenters. The van der Waals surface area contributed by atoms with Gasteiger partial charge in [0.1, 0.15) is 11.1 Å². The zero-order valence-corrected chi connectivity index (χ0v) is 9.24. The third-order valence-corrected chi connectivity index (χ3v) is 2.75. The van der Waals surface area contributed by atoms with E-state index in [-0.39, 0.29) is 22.6 Å². The van der Waals surface area contributed by atoms with Crippen LogP contribution in [0.25, 0.3) is 0 Å². The minimum Gasteiger partial charge on any atom is -0.482 e. The molecule has 5 nitrogen and oxygen atoms in total. The minimum atomic E-state index is -0.514. The molecule has 86 valence electrons. The van der Waals surface area contributed by atoms with Gasteiger partial charge in [0.25, 0.3) is 0 Å². The molecule has 1 aliphatic rings. The van der Waals surface area contributed by atoms with Crippen molar-refractivity contribution in [3.63, 3.8) is 0 Å². The summed E-state index contributed by atoms with van der Waals surface area (Å²) in [5, 5.41) is 14.1. The van der Waals surface area contributed by atoms with Gasteiger partial charge in [0, 0.05) is 6.54 Å². The van der Waals surface area contributed by atoms with Crippen LogP contribution in [0.15, 0.2) is 18.2 Å². The number of hydrogen-bond donors (Lipinski definition) is 1. The van der Waals surface area contributed by atoms with E-state index in [0.717, 1.165) is 13.0 Å². The van der Waals surface area contributed by atoms with E-state index in [1.54, 1.807) is 12.1 Å². The Morgan fingerprint density at radius 3 is 3.00 bits per heavy atom. The van der Waals surface area contributed by atoms with Crippen molar-refractivity contribution in [3.05, 3.63) is 33.3 Å². The summed E-state index contributed by atoms with van der Waals surface area (Å²) in [6.45, 7) is 1.59. The summed E-state index contributed by atoms with van der Waals surface area (Å²) in [5.74, 6) is 0.242. The number of nitrogens with zero attached hydrogens (tertiary/aromatic N) is 1. The fraction of sp³-hybridized carbons (Fsp3) is 0.400. The highest BCUT2D eigenvalue weighted by atomic mass is 35.5. The number of nitro benzene ring substituents is 1. The predicted octanol–water partition coefficient (Wildman–Crippen LogP) is 1.99. The van der Waals surface area contributed by atoms with E-state index in [0.29, 0.717) is 6.54 Å². The quantitative estimate of drug-likeness (QED) is 0.650. The highest BCUT2D eigenvalue weighted by molar-refractivity contribution is 6.32. The molecule has 0 aliphatic carbocycles. The SMILES string of the molecule is O=[N+]([O-])c1c(Cl)cccc1OC1CCNC1. The van der Waals surface area contributed by atoms with Crippen molar-refractivity contribution in [2.75, 3.05) is 13.1 Å². The van der Waals surface area contributed by atoms with Gasteiger partial charge in [0.05, 0.1) is 4.92 Å². The Kier molecular flexibility index (Phi) is 3.26. The Hall–Kier alpha value is -1.33. The van der Waals surface area contributed by atoms with Gasteiger partial charge in [0.2, 0.25) is 0 Å². The number of nitro groups is 1. The van der Waals surface area contributed by atoms with Crippen molar-refractivity contribution in [1.82, 2.24) is 5.32 Å². The first kappa shape index (κ1) is 11.2. The van der Waals surface area contributed by atoms with Crippen LogP contribution in [-0.2, 0) is 0 Å². The van der Waals surface area contributed by atoms with Crippen molar-refractivity contribution in [3.8, 4) is 5.75 Å². The zero-order valence-electron chi connectivity index (χ0n) is 8.48. The Morgan fingerprint density at radius 2 is 2.38 bits per heavy atom. The lowest BCUT2D eigenvalue weighted by Crippen LogP contribution is -2.20. The van der Waals surface area contributed by atoms with Crippen molar-refractivity contribution in [1.29, 1.82) is 0 Å². The molecule has 1 fully saturated rings. The molecule has 2 rings (SSSR count). The maximum atomic E-state index is 10.8. The van der Waals surface area contributed by atoms with Crippen LogP contribution < -0.4 is 10.1 Å². The molecule has 1 aromatic carbocycles. The van der Waals surface area contributed by atoms with Gasteiger partial charge in [-0.3, -0.25) is 10.1 Å². The summed E-state index contributed by atoms with van der Waals surface area (Å²) in [5.41, 5.74) is -0.156. The topological polar surface area (TPSA) is 64.4 Å². The summed E-state index contributed by atoms with van der Waals surface area (Å²) < 4.78 is 5.56. The van der Waals surface area contributed by atoms with Crippen LogP contribution >= 0.6 is 11.6 Å². The van der Waals surface area contributed by atoms with Gasteiger partial charge in [-0.05, 0) is 25.1 Å². The number of halogens is 1. The molecule has 0 bridgehead atoms. The molecule has 0 saturated carbocycles. The molecule has 16 heavy (non-hydrogen) atoms. The Balaban J connectivity index is 2.25. The molecule has 6 heteroatoms. The summed E-state index contributed by atoms with van der Waals surface area (Å²) >= 11 is 5.77. The van der Waals surface area contributed by atoms with Gasteiger partial charge in [-0.2, -0.15) is 0 Å².